The van der Waals surface area contributed by atoms with Gasteiger partial charge in [0.15, 0.2) is 5.69 Å². The van der Waals surface area contributed by atoms with Gasteiger partial charge >= 0.3 is 0 Å². The van der Waals surface area contributed by atoms with E-state index in [0.717, 1.165) is 0 Å². The maximum atomic E-state index is 10.7. The maximum absolute atomic E-state index is 10.7. The first-order valence-electron chi connectivity index (χ1n) is 4.90. The lowest BCUT2D eigenvalue weighted by atomic mass is 10.1. The molecule has 15 heavy (non-hydrogen) atoms. The minimum Gasteiger partial charge on any atom is -0.366 e. The highest BCUT2D eigenvalue weighted by Crippen LogP contribution is 2.08. The molecule has 0 aliphatic heterocycles. The van der Waals surface area contributed by atoms with Crippen molar-refractivity contribution in [3.8, 4) is 0 Å². The molecule has 0 aromatic carbocycles. The number of hydrogen-bond donors (Lipinski definition) is 2. The average Bonchev–Trinajstić information content (AvgIpc) is 2.18. The Balaban J connectivity index is 2.68. The van der Waals surface area contributed by atoms with Crippen LogP contribution in [0.2, 0.25) is 0 Å². The van der Waals surface area contributed by atoms with Crippen molar-refractivity contribution in [2.75, 3.05) is 5.32 Å². The topological polar surface area (TPSA) is 80.9 Å². The van der Waals surface area contributed by atoms with Crippen LogP contribution in [0, 0.1) is 5.92 Å². The zero-order valence-corrected chi connectivity index (χ0v) is 9.19. The molecule has 0 saturated carbocycles. The number of carbonyl (C=O) groups is 1. The fraction of sp³-hybridized carbons (Fsp3) is 0.500. The Bertz CT molecular complexity index is 334. The average molecular weight is 208 g/mol. The van der Waals surface area contributed by atoms with E-state index in [2.05, 4.69) is 36.3 Å². The molecule has 0 spiro atoms. The molecular weight excluding hydrogens is 192 g/mol. The zero-order chi connectivity index (χ0) is 11.4. The summed E-state index contributed by atoms with van der Waals surface area (Å²) in [4.78, 5) is 10.7. The van der Waals surface area contributed by atoms with E-state index >= 15 is 0 Å². The standard InChI is InChI=1S/C10H16N4O/c1-6(2)7(3)12-9-5-4-8(10(11)15)13-14-9/h4-7H,1-3H3,(H2,11,15)(H,12,14). The van der Waals surface area contributed by atoms with Crippen LogP contribution in [-0.2, 0) is 0 Å². The Morgan fingerprint density at radius 2 is 2.00 bits per heavy atom. The summed E-state index contributed by atoms with van der Waals surface area (Å²) in [6.45, 7) is 6.29. The number of nitrogens with zero attached hydrogens (tertiary/aromatic N) is 2. The molecule has 3 N–H and O–H groups in total. The molecule has 0 aliphatic carbocycles. The number of carbonyl (C=O) groups excluding carboxylic acids is 1. The summed E-state index contributed by atoms with van der Waals surface area (Å²) in [7, 11) is 0. The van der Waals surface area contributed by atoms with Crippen molar-refractivity contribution in [2.24, 2.45) is 11.7 Å². The van der Waals surface area contributed by atoms with Crippen molar-refractivity contribution in [1.29, 1.82) is 0 Å². The lowest BCUT2D eigenvalue weighted by molar-refractivity contribution is 0.0994. The van der Waals surface area contributed by atoms with Gasteiger partial charge in [-0.1, -0.05) is 13.8 Å². The molecular formula is C10H16N4O. The van der Waals surface area contributed by atoms with Gasteiger partial charge in [0.1, 0.15) is 5.82 Å². The molecule has 0 saturated heterocycles. The number of anilines is 1. The van der Waals surface area contributed by atoms with Gasteiger partial charge in [0.25, 0.3) is 5.91 Å². The summed E-state index contributed by atoms with van der Waals surface area (Å²) >= 11 is 0. The molecule has 1 aromatic heterocycles. The van der Waals surface area contributed by atoms with Crippen LogP contribution in [0.3, 0.4) is 0 Å². The highest BCUT2D eigenvalue weighted by atomic mass is 16.1. The van der Waals surface area contributed by atoms with Crippen molar-refractivity contribution in [3.05, 3.63) is 17.8 Å². The molecule has 1 rings (SSSR count). The molecule has 5 heteroatoms. The van der Waals surface area contributed by atoms with Gasteiger partial charge in [-0.2, -0.15) is 0 Å². The number of rotatable bonds is 4. The van der Waals surface area contributed by atoms with E-state index in [1.807, 2.05) is 0 Å². The molecule has 1 aromatic rings. The van der Waals surface area contributed by atoms with Crippen LogP contribution in [0.25, 0.3) is 0 Å². The lowest BCUT2D eigenvalue weighted by Crippen LogP contribution is -2.22. The van der Waals surface area contributed by atoms with Gasteiger partial charge in [0.2, 0.25) is 0 Å². The van der Waals surface area contributed by atoms with Crippen LogP contribution in [0.5, 0.6) is 0 Å². The third kappa shape index (κ3) is 3.19. The predicted octanol–water partition coefficient (Wildman–Crippen LogP) is 1.03. The Kier molecular flexibility index (Phi) is 3.60. The van der Waals surface area contributed by atoms with Gasteiger partial charge in [0, 0.05) is 6.04 Å². The Hall–Kier alpha value is -1.65. The predicted molar refractivity (Wildman–Crippen MR) is 58.5 cm³/mol. The number of aromatic nitrogens is 2. The zero-order valence-electron chi connectivity index (χ0n) is 9.19. The van der Waals surface area contributed by atoms with Crippen LogP contribution in [0.1, 0.15) is 31.3 Å². The van der Waals surface area contributed by atoms with Gasteiger partial charge in [-0.05, 0) is 25.0 Å². The summed E-state index contributed by atoms with van der Waals surface area (Å²) in [6.07, 6.45) is 0. The molecule has 0 fully saturated rings. The summed E-state index contributed by atoms with van der Waals surface area (Å²) in [5.41, 5.74) is 5.23. The van der Waals surface area contributed by atoms with Crippen molar-refractivity contribution < 1.29 is 4.79 Å². The van der Waals surface area contributed by atoms with Crippen LogP contribution in [-0.4, -0.2) is 22.1 Å². The molecule has 1 amide bonds. The third-order valence-electron chi connectivity index (χ3n) is 2.29. The van der Waals surface area contributed by atoms with Gasteiger partial charge in [-0.15, -0.1) is 10.2 Å². The fourth-order valence-corrected chi connectivity index (χ4v) is 0.941. The van der Waals surface area contributed by atoms with Gasteiger partial charge in [-0.3, -0.25) is 4.79 Å². The summed E-state index contributed by atoms with van der Waals surface area (Å²) < 4.78 is 0. The number of primary amides is 1. The van der Waals surface area contributed by atoms with E-state index in [-0.39, 0.29) is 5.69 Å². The molecule has 0 bridgehead atoms. The number of nitrogens with two attached hydrogens (primary N) is 1. The Labute approximate surface area is 89.1 Å². The van der Waals surface area contributed by atoms with Crippen LogP contribution < -0.4 is 11.1 Å². The summed E-state index contributed by atoms with van der Waals surface area (Å²) in [5, 5.41) is 10.7. The summed E-state index contributed by atoms with van der Waals surface area (Å²) in [6, 6.07) is 3.56. The molecule has 1 unspecified atom stereocenters. The highest BCUT2D eigenvalue weighted by molar-refractivity contribution is 5.90. The van der Waals surface area contributed by atoms with Crippen molar-refractivity contribution >= 4 is 11.7 Å². The van der Waals surface area contributed by atoms with E-state index < -0.39 is 5.91 Å². The highest BCUT2D eigenvalue weighted by Gasteiger charge is 2.08. The van der Waals surface area contributed by atoms with E-state index in [1.54, 1.807) is 12.1 Å². The van der Waals surface area contributed by atoms with E-state index in [4.69, 9.17) is 5.73 Å². The second-order valence-corrected chi connectivity index (χ2v) is 3.85. The van der Waals surface area contributed by atoms with Crippen LogP contribution in [0.15, 0.2) is 12.1 Å². The first kappa shape index (κ1) is 11.4. The largest absolute Gasteiger partial charge is 0.366 e. The number of amides is 1. The molecule has 1 heterocycles. The van der Waals surface area contributed by atoms with Crippen molar-refractivity contribution in [1.82, 2.24) is 10.2 Å². The minimum absolute atomic E-state index is 0.178. The first-order valence-corrected chi connectivity index (χ1v) is 4.90. The molecule has 0 radical (unpaired) electrons. The van der Waals surface area contributed by atoms with E-state index in [1.165, 1.54) is 0 Å². The molecule has 0 aliphatic rings. The van der Waals surface area contributed by atoms with Gasteiger partial charge < -0.3 is 11.1 Å². The van der Waals surface area contributed by atoms with E-state index in [9.17, 15) is 4.79 Å². The quantitative estimate of drug-likeness (QED) is 0.774. The normalized spacial score (nSPS) is 12.5. The number of hydrogen-bond acceptors (Lipinski definition) is 4. The smallest absolute Gasteiger partial charge is 0.269 e. The SMILES string of the molecule is CC(C)C(C)Nc1ccc(C(N)=O)nn1. The Morgan fingerprint density at radius 1 is 1.33 bits per heavy atom. The van der Waals surface area contributed by atoms with Crippen LogP contribution in [0.4, 0.5) is 5.82 Å². The fourth-order valence-electron chi connectivity index (χ4n) is 0.941. The van der Waals surface area contributed by atoms with Crippen molar-refractivity contribution in [2.45, 2.75) is 26.8 Å². The van der Waals surface area contributed by atoms with Gasteiger partial charge in [-0.25, -0.2) is 0 Å². The third-order valence-corrected chi connectivity index (χ3v) is 2.29. The maximum Gasteiger partial charge on any atom is 0.269 e. The molecule has 82 valence electrons. The minimum atomic E-state index is -0.564. The van der Waals surface area contributed by atoms with E-state index in [0.29, 0.717) is 17.8 Å². The molecule has 1 atom stereocenters. The lowest BCUT2D eigenvalue weighted by Gasteiger charge is -2.17. The molecule has 5 nitrogen and oxygen atoms in total. The second kappa shape index (κ2) is 4.72. The Morgan fingerprint density at radius 3 is 2.40 bits per heavy atom. The van der Waals surface area contributed by atoms with Crippen molar-refractivity contribution in [3.63, 3.8) is 0 Å². The summed E-state index contributed by atoms with van der Waals surface area (Å²) in [5.74, 6) is 0.592. The number of nitrogens with one attached hydrogen (secondary N) is 1. The van der Waals surface area contributed by atoms with Gasteiger partial charge in [0.05, 0.1) is 0 Å². The monoisotopic (exact) mass is 208 g/mol. The first-order chi connectivity index (χ1) is 7.00. The van der Waals surface area contributed by atoms with Crippen LogP contribution >= 0.6 is 0 Å². The second-order valence-electron chi connectivity index (χ2n) is 3.85.